The molecule has 1 aliphatic carbocycles. The van der Waals surface area contributed by atoms with E-state index in [1.54, 1.807) is 0 Å². The first-order chi connectivity index (χ1) is 8.28. The van der Waals surface area contributed by atoms with Crippen LogP contribution >= 0.6 is 12.4 Å². The van der Waals surface area contributed by atoms with Gasteiger partial charge in [-0.3, -0.25) is 0 Å². The van der Waals surface area contributed by atoms with E-state index in [4.69, 9.17) is 0 Å². The predicted molar refractivity (Wildman–Crippen MR) is 81.5 cm³/mol. The minimum atomic E-state index is 0. The van der Waals surface area contributed by atoms with Gasteiger partial charge in [0.2, 0.25) is 0 Å². The van der Waals surface area contributed by atoms with Crippen LogP contribution in [0.1, 0.15) is 45.4 Å². The molecule has 108 valence electrons. The Hall–Kier alpha value is 0.210. The first-order valence-electron chi connectivity index (χ1n) is 7.65. The molecule has 3 atom stereocenters. The van der Waals surface area contributed by atoms with E-state index in [9.17, 15) is 0 Å². The zero-order chi connectivity index (χ0) is 12.1. The lowest BCUT2D eigenvalue weighted by molar-refractivity contribution is 0.128. The Balaban J connectivity index is 0.00000162. The smallest absolute Gasteiger partial charge is 0.00219 e. The second-order valence-corrected chi connectivity index (χ2v) is 6.46. The minimum absolute atomic E-state index is 0. The van der Waals surface area contributed by atoms with Crippen molar-refractivity contribution in [3.8, 4) is 0 Å². The van der Waals surface area contributed by atoms with Gasteiger partial charge in [0.25, 0.3) is 0 Å². The molecule has 3 unspecified atom stereocenters. The van der Waals surface area contributed by atoms with Gasteiger partial charge in [-0.25, -0.2) is 0 Å². The zero-order valence-electron chi connectivity index (χ0n) is 12.2. The van der Waals surface area contributed by atoms with Crippen LogP contribution in [0.15, 0.2) is 0 Å². The van der Waals surface area contributed by atoms with Gasteiger partial charge < -0.3 is 10.2 Å². The number of likely N-dealkylation sites (tertiary alicyclic amines) is 1. The fraction of sp³-hybridized carbons (Fsp3) is 1.00. The summed E-state index contributed by atoms with van der Waals surface area (Å²) >= 11 is 0. The first-order valence-corrected chi connectivity index (χ1v) is 7.65. The Morgan fingerprint density at radius 3 is 2.61 bits per heavy atom. The van der Waals surface area contributed by atoms with Crippen molar-refractivity contribution in [1.82, 2.24) is 10.2 Å². The lowest BCUT2D eigenvalue weighted by Crippen LogP contribution is -2.41. The molecule has 2 rings (SSSR count). The number of hydrogen-bond acceptors (Lipinski definition) is 2. The quantitative estimate of drug-likeness (QED) is 0.847. The monoisotopic (exact) mass is 274 g/mol. The molecule has 2 aliphatic rings. The third-order valence-corrected chi connectivity index (χ3v) is 4.66. The normalized spacial score (nSPS) is 34.0. The molecule has 1 aliphatic heterocycles. The summed E-state index contributed by atoms with van der Waals surface area (Å²) in [5.74, 6) is 2.87. The second-order valence-electron chi connectivity index (χ2n) is 6.46. The van der Waals surface area contributed by atoms with Gasteiger partial charge in [0, 0.05) is 13.1 Å². The van der Waals surface area contributed by atoms with Crippen LogP contribution in [0, 0.1) is 17.8 Å². The molecule has 0 radical (unpaired) electrons. The van der Waals surface area contributed by atoms with Crippen molar-refractivity contribution in [2.75, 3.05) is 33.2 Å². The maximum absolute atomic E-state index is 3.34. The molecular weight excluding hydrogens is 244 g/mol. The Kier molecular flexibility index (Phi) is 7.59. The standard InChI is InChI=1S/C15H30N2.ClH/c1-13-5-3-6-14(9-13)11-17-8-4-7-15(12-17)10-16-2;/h13-16H,3-12H2,1-2H3;1H. The van der Waals surface area contributed by atoms with E-state index in [0.717, 1.165) is 17.8 Å². The van der Waals surface area contributed by atoms with E-state index in [1.807, 2.05) is 0 Å². The number of piperidine rings is 1. The van der Waals surface area contributed by atoms with Gasteiger partial charge >= 0.3 is 0 Å². The van der Waals surface area contributed by atoms with E-state index in [0.29, 0.717) is 0 Å². The number of halogens is 1. The summed E-state index contributed by atoms with van der Waals surface area (Å²) in [6.45, 7) is 7.71. The molecule has 1 N–H and O–H groups in total. The van der Waals surface area contributed by atoms with Crippen LogP contribution in [0.4, 0.5) is 0 Å². The Morgan fingerprint density at radius 1 is 1.11 bits per heavy atom. The van der Waals surface area contributed by atoms with Crippen molar-refractivity contribution >= 4 is 12.4 Å². The minimum Gasteiger partial charge on any atom is -0.319 e. The van der Waals surface area contributed by atoms with Gasteiger partial charge in [-0.05, 0) is 63.6 Å². The molecule has 2 nitrogen and oxygen atoms in total. The Bertz CT molecular complexity index is 221. The highest BCUT2D eigenvalue weighted by molar-refractivity contribution is 5.85. The first kappa shape index (κ1) is 16.3. The molecule has 0 aromatic carbocycles. The highest BCUT2D eigenvalue weighted by Crippen LogP contribution is 2.30. The number of nitrogens with zero attached hydrogens (tertiary/aromatic N) is 1. The summed E-state index contributed by atoms with van der Waals surface area (Å²) in [7, 11) is 2.09. The molecule has 3 heteroatoms. The lowest BCUT2D eigenvalue weighted by Gasteiger charge is -2.37. The van der Waals surface area contributed by atoms with Crippen LogP contribution in [-0.2, 0) is 0 Å². The summed E-state index contributed by atoms with van der Waals surface area (Å²) in [5, 5.41) is 3.34. The summed E-state index contributed by atoms with van der Waals surface area (Å²) in [5.41, 5.74) is 0. The highest BCUT2D eigenvalue weighted by atomic mass is 35.5. The summed E-state index contributed by atoms with van der Waals surface area (Å²) in [6, 6.07) is 0. The van der Waals surface area contributed by atoms with Gasteiger partial charge in [0.1, 0.15) is 0 Å². The van der Waals surface area contributed by atoms with Gasteiger partial charge in [0.15, 0.2) is 0 Å². The van der Waals surface area contributed by atoms with E-state index in [1.165, 1.54) is 64.7 Å². The van der Waals surface area contributed by atoms with Crippen molar-refractivity contribution in [3.05, 3.63) is 0 Å². The van der Waals surface area contributed by atoms with Crippen LogP contribution in [0.25, 0.3) is 0 Å². The highest BCUT2D eigenvalue weighted by Gasteiger charge is 2.24. The average Bonchev–Trinajstić information content (AvgIpc) is 2.30. The predicted octanol–water partition coefficient (Wildman–Crippen LogP) is 3.17. The van der Waals surface area contributed by atoms with Gasteiger partial charge in [-0.15, -0.1) is 12.4 Å². The maximum Gasteiger partial charge on any atom is 0.00219 e. The molecule has 0 amide bonds. The lowest BCUT2D eigenvalue weighted by atomic mass is 9.82. The molecule has 1 heterocycles. The van der Waals surface area contributed by atoms with Crippen LogP contribution < -0.4 is 5.32 Å². The molecule has 1 saturated heterocycles. The number of nitrogens with one attached hydrogen (secondary N) is 1. The molecule has 0 spiro atoms. The molecule has 0 bridgehead atoms. The van der Waals surface area contributed by atoms with Gasteiger partial charge in [-0.1, -0.05) is 19.8 Å². The van der Waals surface area contributed by atoms with E-state index >= 15 is 0 Å². The molecule has 1 saturated carbocycles. The largest absolute Gasteiger partial charge is 0.319 e. The van der Waals surface area contributed by atoms with Gasteiger partial charge in [0.05, 0.1) is 0 Å². The van der Waals surface area contributed by atoms with E-state index in [-0.39, 0.29) is 12.4 Å². The van der Waals surface area contributed by atoms with Crippen LogP contribution in [0.2, 0.25) is 0 Å². The van der Waals surface area contributed by atoms with Crippen molar-refractivity contribution in [2.45, 2.75) is 45.4 Å². The maximum atomic E-state index is 3.34. The average molecular weight is 275 g/mol. The van der Waals surface area contributed by atoms with E-state index in [2.05, 4.69) is 24.2 Å². The molecular formula is C15H31ClN2. The Morgan fingerprint density at radius 2 is 1.89 bits per heavy atom. The van der Waals surface area contributed by atoms with E-state index < -0.39 is 0 Å². The summed E-state index contributed by atoms with van der Waals surface area (Å²) in [6.07, 6.45) is 8.75. The number of hydrogen-bond donors (Lipinski definition) is 1. The van der Waals surface area contributed by atoms with Crippen LogP contribution in [0.3, 0.4) is 0 Å². The molecule has 18 heavy (non-hydrogen) atoms. The SMILES string of the molecule is CNCC1CCCN(CC2CCCC(C)C2)C1.Cl. The van der Waals surface area contributed by atoms with Crippen molar-refractivity contribution < 1.29 is 0 Å². The topological polar surface area (TPSA) is 15.3 Å². The molecule has 2 fully saturated rings. The third-order valence-electron chi connectivity index (χ3n) is 4.66. The third kappa shape index (κ3) is 5.07. The fourth-order valence-corrected chi connectivity index (χ4v) is 3.86. The molecule has 0 aromatic rings. The zero-order valence-corrected chi connectivity index (χ0v) is 13.0. The Labute approximate surface area is 119 Å². The summed E-state index contributed by atoms with van der Waals surface area (Å²) < 4.78 is 0. The van der Waals surface area contributed by atoms with Crippen molar-refractivity contribution in [1.29, 1.82) is 0 Å². The second kappa shape index (κ2) is 8.39. The number of rotatable bonds is 4. The summed E-state index contributed by atoms with van der Waals surface area (Å²) in [4.78, 5) is 2.74. The molecule has 0 aromatic heterocycles. The van der Waals surface area contributed by atoms with Crippen molar-refractivity contribution in [2.24, 2.45) is 17.8 Å². The fourth-order valence-electron chi connectivity index (χ4n) is 3.86. The van der Waals surface area contributed by atoms with Crippen LogP contribution in [0.5, 0.6) is 0 Å². The van der Waals surface area contributed by atoms with Crippen molar-refractivity contribution in [3.63, 3.8) is 0 Å². The van der Waals surface area contributed by atoms with Crippen LogP contribution in [-0.4, -0.2) is 38.1 Å². The van der Waals surface area contributed by atoms with Gasteiger partial charge in [-0.2, -0.15) is 0 Å².